The van der Waals surface area contributed by atoms with Crippen molar-refractivity contribution in [3.05, 3.63) is 36.0 Å². The number of carbonyl (C=O) groups excluding carboxylic acids is 2. The molecule has 5 heteroatoms. The molecule has 1 saturated carbocycles. The molecule has 5 nitrogen and oxygen atoms in total. The summed E-state index contributed by atoms with van der Waals surface area (Å²) in [6.45, 7) is 11.2. The van der Waals surface area contributed by atoms with Crippen LogP contribution in [0.3, 0.4) is 0 Å². The van der Waals surface area contributed by atoms with Crippen molar-refractivity contribution in [2.24, 2.45) is 17.3 Å². The average Bonchev–Trinajstić information content (AvgIpc) is 2.78. The first-order valence-electron chi connectivity index (χ1n) is 8.77. The molecule has 1 N–H and O–H groups in total. The fraction of sp³-hybridized carbons (Fsp3) is 0.600. The predicted octanol–water partition coefficient (Wildman–Crippen LogP) is 2.70. The molecule has 0 amide bonds. The van der Waals surface area contributed by atoms with Gasteiger partial charge in [0.05, 0.1) is 0 Å². The van der Waals surface area contributed by atoms with Gasteiger partial charge in [-0.15, -0.1) is 0 Å². The van der Waals surface area contributed by atoms with Crippen LogP contribution in [0.5, 0.6) is 0 Å². The van der Waals surface area contributed by atoms with Crippen molar-refractivity contribution < 1.29 is 24.2 Å². The molecular weight excluding hydrogens is 320 g/mol. The minimum atomic E-state index is -1.47. The van der Waals surface area contributed by atoms with Gasteiger partial charge in [-0.25, -0.2) is 9.59 Å². The summed E-state index contributed by atoms with van der Waals surface area (Å²) in [7, 11) is 0. The Morgan fingerprint density at radius 1 is 1.48 bits per heavy atom. The van der Waals surface area contributed by atoms with E-state index in [1.165, 1.54) is 6.92 Å². The molecule has 0 spiro atoms. The number of ether oxygens (including phenoxy) is 2. The number of fused-ring (bicyclic) bond motifs is 3. The van der Waals surface area contributed by atoms with E-state index in [-0.39, 0.29) is 17.8 Å². The van der Waals surface area contributed by atoms with Crippen LogP contribution in [0.2, 0.25) is 0 Å². The zero-order valence-corrected chi connectivity index (χ0v) is 15.2. The van der Waals surface area contributed by atoms with Gasteiger partial charge in [-0.1, -0.05) is 25.7 Å². The molecule has 0 aromatic rings. The number of hydrogen-bond acceptors (Lipinski definition) is 5. The second-order valence-electron chi connectivity index (χ2n) is 7.88. The lowest BCUT2D eigenvalue weighted by molar-refractivity contribution is -0.161. The minimum Gasteiger partial charge on any atom is -0.459 e. The van der Waals surface area contributed by atoms with Crippen molar-refractivity contribution in [3.8, 4) is 0 Å². The summed E-state index contributed by atoms with van der Waals surface area (Å²) in [6, 6.07) is 0. The molecule has 0 unspecified atom stereocenters. The lowest BCUT2D eigenvalue weighted by atomic mass is 9.55. The third kappa shape index (κ3) is 2.56. The standard InChI is InChI=1S/C20H26O5/c1-6-11(2)17(21)24-14-8-7-12(3)15-16-13(9-10-19(14,15)4)20(5,23)18(22)25-16/h6-8,13-16,23H,3,9-10H2,1-2,4-5H3/b11-6-/t13-,14-,15+,16-,19-,20-/m1/s1. The van der Waals surface area contributed by atoms with Crippen LogP contribution in [0.25, 0.3) is 0 Å². The van der Waals surface area contributed by atoms with Crippen LogP contribution in [0, 0.1) is 17.3 Å². The van der Waals surface area contributed by atoms with Crippen LogP contribution in [0.15, 0.2) is 36.0 Å². The Labute approximate surface area is 148 Å². The third-order valence-electron chi connectivity index (χ3n) is 6.33. The number of esters is 2. The Bertz CT molecular complexity index is 686. The lowest BCUT2D eigenvalue weighted by Crippen LogP contribution is -2.55. The average molecular weight is 346 g/mol. The normalized spacial score (nSPS) is 43.3. The van der Waals surface area contributed by atoms with Gasteiger partial charge < -0.3 is 14.6 Å². The second kappa shape index (κ2) is 5.84. The summed E-state index contributed by atoms with van der Waals surface area (Å²) in [5.41, 5.74) is -0.488. The van der Waals surface area contributed by atoms with Gasteiger partial charge in [0.15, 0.2) is 5.60 Å². The van der Waals surface area contributed by atoms with Crippen molar-refractivity contribution in [1.29, 1.82) is 0 Å². The van der Waals surface area contributed by atoms with E-state index < -0.39 is 29.2 Å². The molecule has 2 fully saturated rings. The molecule has 0 bridgehead atoms. The first-order chi connectivity index (χ1) is 11.6. The Morgan fingerprint density at radius 2 is 2.16 bits per heavy atom. The van der Waals surface area contributed by atoms with Gasteiger partial charge in [0.25, 0.3) is 0 Å². The Balaban J connectivity index is 1.94. The van der Waals surface area contributed by atoms with Crippen LogP contribution in [-0.4, -0.2) is 34.9 Å². The maximum Gasteiger partial charge on any atom is 0.338 e. The van der Waals surface area contributed by atoms with E-state index in [4.69, 9.17) is 9.47 Å². The monoisotopic (exact) mass is 346 g/mol. The largest absolute Gasteiger partial charge is 0.459 e. The SMILES string of the molecule is C=C1C=C[C@@H](OC(=O)/C(C)=C\C)[C@@]2(C)CC[C@@H]3[C@@H](OC(=O)[C@]3(C)O)[C@H]12. The van der Waals surface area contributed by atoms with Crippen LogP contribution < -0.4 is 0 Å². The number of aliphatic hydroxyl groups is 1. The molecule has 0 radical (unpaired) electrons. The molecule has 1 saturated heterocycles. The number of carbonyl (C=O) groups is 2. The molecule has 0 aromatic heterocycles. The highest BCUT2D eigenvalue weighted by Gasteiger charge is 2.63. The fourth-order valence-electron chi connectivity index (χ4n) is 4.53. The van der Waals surface area contributed by atoms with Crippen molar-refractivity contribution >= 4 is 11.9 Å². The zero-order valence-electron chi connectivity index (χ0n) is 15.2. The molecule has 136 valence electrons. The molecule has 2 aliphatic carbocycles. The number of rotatable bonds is 2. The predicted molar refractivity (Wildman–Crippen MR) is 92.4 cm³/mol. The fourth-order valence-corrected chi connectivity index (χ4v) is 4.53. The van der Waals surface area contributed by atoms with Gasteiger partial charge in [-0.05, 0) is 45.3 Å². The first kappa shape index (κ1) is 17.9. The molecule has 6 atom stereocenters. The second-order valence-corrected chi connectivity index (χ2v) is 7.88. The van der Waals surface area contributed by atoms with Crippen LogP contribution >= 0.6 is 0 Å². The number of hydrogen-bond donors (Lipinski definition) is 1. The first-order valence-corrected chi connectivity index (χ1v) is 8.77. The highest BCUT2D eigenvalue weighted by molar-refractivity contribution is 5.88. The smallest absolute Gasteiger partial charge is 0.338 e. The van der Waals surface area contributed by atoms with Gasteiger partial charge >= 0.3 is 11.9 Å². The van der Waals surface area contributed by atoms with E-state index in [1.807, 2.05) is 19.1 Å². The third-order valence-corrected chi connectivity index (χ3v) is 6.33. The summed E-state index contributed by atoms with van der Waals surface area (Å²) in [6.07, 6.45) is 5.92. The van der Waals surface area contributed by atoms with Crippen molar-refractivity contribution in [2.45, 2.75) is 58.3 Å². The molecule has 1 aliphatic heterocycles. The van der Waals surface area contributed by atoms with Gasteiger partial charge in [0.2, 0.25) is 0 Å². The maximum absolute atomic E-state index is 12.3. The quantitative estimate of drug-likeness (QED) is 0.615. The van der Waals surface area contributed by atoms with E-state index in [0.717, 1.165) is 5.57 Å². The highest BCUT2D eigenvalue weighted by atomic mass is 16.6. The summed E-state index contributed by atoms with van der Waals surface area (Å²) in [4.78, 5) is 24.4. The Hall–Kier alpha value is -1.88. The molecular formula is C20H26O5. The van der Waals surface area contributed by atoms with Crippen molar-refractivity contribution in [2.75, 3.05) is 0 Å². The van der Waals surface area contributed by atoms with Gasteiger partial charge in [0.1, 0.15) is 12.2 Å². The summed E-state index contributed by atoms with van der Waals surface area (Å²) < 4.78 is 11.3. The topological polar surface area (TPSA) is 72.8 Å². The summed E-state index contributed by atoms with van der Waals surface area (Å²) in [5.74, 6) is -1.37. The van der Waals surface area contributed by atoms with Crippen LogP contribution in [0.4, 0.5) is 0 Å². The molecule has 1 heterocycles. The number of allylic oxidation sites excluding steroid dienone is 2. The lowest BCUT2D eigenvalue weighted by Gasteiger charge is -2.51. The van der Waals surface area contributed by atoms with E-state index in [9.17, 15) is 14.7 Å². The maximum atomic E-state index is 12.3. The zero-order chi connectivity index (χ0) is 18.6. The van der Waals surface area contributed by atoms with E-state index in [1.54, 1.807) is 19.9 Å². The Kier molecular flexibility index (Phi) is 4.18. The van der Waals surface area contributed by atoms with Crippen LogP contribution in [0.1, 0.15) is 40.5 Å². The van der Waals surface area contributed by atoms with E-state index in [0.29, 0.717) is 18.4 Å². The van der Waals surface area contributed by atoms with Gasteiger partial charge in [-0.3, -0.25) is 0 Å². The van der Waals surface area contributed by atoms with Crippen molar-refractivity contribution in [3.63, 3.8) is 0 Å². The van der Waals surface area contributed by atoms with Gasteiger partial charge in [-0.2, -0.15) is 0 Å². The molecule has 0 aromatic carbocycles. The molecule has 25 heavy (non-hydrogen) atoms. The van der Waals surface area contributed by atoms with Gasteiger partial charge in [0, 0.05) is 22.8 Å². The summed E-state index contributed by atoms with van der Waals surface area (Å²) >= 11 is 0. The Morgan fingerprint density at radius 3 is 2.80 bits per heavy atom. The minimum absolute atomic E-state index is 0.183. The van der Waals surface area contributed by atoms with Crippen molar-refractivity contribution in [1.82, 2.24) is 0 Å². The van der Waals surface area contributed by atoms with E-state index >= 15 is 0 Å². The van der Waals surface area contributed by atoms with Crippen LogP contribution in [-0.2, 0) is 19.1 Å². The molecule has 3 aliphatic rings. The molecule has 3 rings (SSSR count). The van der Waals surface area contributed by atoms with E-state index in [2.05, 4.69) is 6.58 Å². The summed E-state index contributed by atoms with van der Waals surface area (Å²) in [5, 5.41) is 10.5. The highest BCUT2D eigenvalue weighted by Crippen LogP contribution is 2.57.